The van der Waals surface area contributed by atoms with Crippen LogP contribution in [0.4, 0.5) is 0 Å². The maximum absolute atomic E-state index is 12.8. The minimum Gasteiger partial charge on any atom is -0.481 e. The number of carboxylic acid groups (broad SMARTS) is 1. The van der Waals surface area contributed by atoms with Gasteiger partial charge in [-0.15, -0.1) is 0 Å². The predicted molar refractivity (Wildman–Crippen MR) is 79.9 cm³/mol. The van der Waals surface area contributed by atoms with Crippen LogP contribution >= 0.6 is 11.6 Å². The summed E-state index contributed by atoms with van der Waals surface area (Å²) in [5.74, 6) is -1.74. The molecule has 118 valence electrons. The Morgan fingerprint density at radius 2 is 2.14 bits per heavy atom. The van der Waals surface area contributed by atoms with Crippen molar-refractivity contribution in [3.8, 4) is 6.07 Å². The first-order valence-corrected chi connectivity index (χ1v) is 8.53. The second-order valence-electron chi connectivity index (χ2n) is 5.29. The zero-order valence-electron chi connectivity index (χ0n) is 11.9. The van der Waals surface area contributed by atoms with Gasteiger partial charge in [-0.05, 0) is 38.0 Å². The predicted octanol–water partition coefficient (Wildman–Crippen LogP) is 2.09. The third-order valence-electron chi connectivity index (χ3n) is 3.82. The Balaban J connectivity index is 2.45. The third-order valence-corrected chi connectivity index (χ3v) is 6.28. The molecular weight excluding hydrogens is 328 g/mol. The van der Waals surface area contributed by atoms with Crippen LogP contribution in [0.25, 0.3) is 0 Å². The van der Waals surface area contributed by atoms with Gasteiger partial charge in [0.1, 0.15) is 4.90 Å². The molecule has 1 fully saturated rings. The maximum Gasteiger partial charge on any atom is 0.307 e. The van der Waals surface area contributed by atoms with E-state index in [-0.39, 0.29) is 28.1 Å². The Kier molecular flexibility index (Phi) is 4.75. The van der Waals surface area contributed by atoms with Crippen LogP contribution < -0.4 is 0 Å². The SMILES string of the molecule is CC1CCC(C(=O)O)CN1S(=O)(=O)c1cc(C#N)ccc1Cl. The quantitative estimate of drug-likeness (QED) is 0.906. The van der Waals surface area contributed by atoms with E-state index in [1.165, 1.54) is 18.2 Å². The summed E-state index contributed by atoms with van der Waals surface area (Å²) in [6.07, 6.45) is 0.903. The first-order chi connectivity index (χ1) is 10.3. The Morgan fingerprint density at radius 3 is 2.73 bits per heavy atom. The molecule has 8 heteroatoms. The molecule has 0 amide bonds. The smallest absolute Gasteiger partial charge is 0.307 e. The van der Waals surface area contributed by atoms with Gasteiger partial charge in [-0.3, -0.25) is 4.79 Å². The van der Waals surface area contributed by atoms with Crippen LogP contribution in [-0.4, -0.2) is 36.4 Å². The molecule has 0 aliphatic carbocycles. The number of nitrogens with zero attached hydrogens (tertiary/aromatic N) is 2. The highest BCUT2D eigenvalue weighted by atomic mass is 35.5. The van der Waals surface area contributed by atoms with Crippen LogP contribution in [0.15, 0.2) is 23.1 Å². The van der Waals surface area contributed by atoms with E-state index in [0.717, 1.165) is 4.31 Å². The Hall–Kier alpha value is -1.62. The van der Waals surface area contributed by atoms with Crippen LogP contribution in [-0.2, 0) is 14.8 Å². The summed E-state index contributed by atoms with van der Waals surface area (Å²) < 4.78 is 26.8. The summed E-state index contributed by atoms with van der Waals surface area (Å²) in [4.78, 5) is 11.0. The van der Waals surface area contributed by atoms with Crippen molar-refractivity contribution in [3.63, 3.8) is 0 Å². The van der Waals surface area contributed by atoms with E-state index < -0.39 is 21.9 Å². The molecule has 1 N–H and O–H groups in total. The average molecular weight is 343 g/mol. The van der Waals surface area contributed by atoms with E-state index in [4.69, 9.17) is 22.0 Å². The molecule has 1 heterocycles. The van der Waals surface area contributed by atoms with Gasteiger partial charge < -0.3 is 5.11 Å². The van der Waals surface area contributed by atoms with E-state index in [9.17, 15) is 13.2 Å². The molecule has 1 aliphatic rings. The highest BCUT2D eigenvalue weighted by molar-refractivity contribution is 7.89. The second-order valence-corrected chi connectivity index (χ2v) is 7.56. The van der Waals surface area contributed by atoms with Crippen molar-refractivity contribution in [3.05, 3.63) is 28.8 Å². The number of aliphatic carboxylic acids is 1. The number of hydrogen-bond donors (Lipinski definition) is 1. The average Bonchev–Trinajstić information content (AvgIpc) is 2.47. The molecule has 6 nitrogen and oxygen atoms in total. The summed E-state index contributed by atoms with van der Waals surface area (Å²) in [5.41, 5.74) is 0.183. The van der Waals surface area contributed by atoms with Crippen molar-refractivity contribution in [1.29, 1.82) is 5.26 Å². The lowest BCUT2D eigenvalue weighted by Crippen LogP contribution is -2.47. The van der Waals surface area contributed by atoms with Crippen LogP contribution in [0.1, 0.15) is 25.3 Å². The molecule has 0 bridgehead atoms. The fourth-order valence-corrected chi connectivity index (χ4v) is 4.72. The number of benzene rings is 1. The molecule has 2 rings (SSSR count). The second kappa shape index (κ2) is 6.24. The Labute approximate surface area is 134 Å². The number of sulfonamides is 1. The van der Waals surface area contributed by atoms with E-state index >= 15 is 0 Å². The van der Waals surface area contributed by atoms with Gasteiger partial charge in [0, 0.05) is 12.6 Å². The fourth-order valence-electron chi connectivity index (χ4n) is 2.51. The van der Waals surface area contributed by atoms with E-state index in [2.05, 4.69) is 0 Å². The Bertz CT molecular complexity index is 742. The van der Waals surface area contributed by atoms with Crippen LogP contribution in [0.3, 0.4) is 0 Å². The number of halogens is 1. The van der Waals surface area contributed by atoms with Gasteiger partial charge in [0.25, 0.3) is 0 Å². The number of piperidine rings is 1. The van der Waals surface area contributed by atoms with E-state index in [1.807, 2.05) is 6.07 Å². The standard InChI is InChI=1S/C14H15ClN2O4S/c1-9-2-4-11(14(18)19)8-17(9)22(20,21)13-6-10(7-16)3-5-12(13)15/h3,5-6,9,11H,2,4,8H2,1H3,(H,18,19). The monoisotopic (exact) mass is 342 g/mol. The molecular formula is C14H15ClN2O4S. The summed E-state index contributed by atoms with van der Waals surface area (Å²) in [6, 6.07) is 5.56. The zero-order valence-corrected chi connectivity index (χ0v) is 13.4. The molecule has 1 aliphatic heterocycles. The molecule has 1 aromatic rings. The maximum atomic E-state index is 12.8. The third kappa shape index (κ3) is 3.09. The molecule has 0 spiro atoms. The highest BCUT2D eigenvalue weighted by Crippen LogP contribution is 2.31. The lowest BCUT2D eigenvalue weighted by molar-refractivity contribution is -0.143. The summed E-state index contributed by atoms with van der Waals surface area (Å²) >= 11 is 5.97. The van der Waals surface area contributed by atoms with Gasteiger partial charge in [0.2, 0.25) is 10.0 Å². The van der Waals surface area contributed by atoms with Crippen molar-refractivity contribution in [2.45, 2.75) is 30.7 Å². The largest absolute Gasteiger partial charge is 0.481 e. The van der Waals surface area contributed by atoms with Gasteiger partial charge in [-0.25, -0.2) is 8.42 Å². The molecule has 1 saturated heterocycles. The number of carbonyl (C=O) groups is 1. The van der Waals surface area contributed by atoms with Crippen molar-refractivity contribution in [2.75, 3.05) is 6.54 Å². The minimum absolute atomic E-state index is 0.0173. The van der Waals surface area contributed by atoms with Crippen molar-refractivity contribution < 1.29 is 18.3 Å². The molecule has 2 unspecified atom stereocenters. The molecule has 0 aromatic heterocycles. The van der Waals surface area contributed by atoms with E-state index in [0.29, 0.717) is 12.8 Å². The molecule has 2 atom stereocenters. The first-order valence-electron chi connectivity index (χ1n) is 6.71. The van der Waals surface area contributed by atoms with Crippen molar-refractivity contribution >= 4 is 27.6 Å². The topological polar surface area (TPSA) is 98.5 Å². The van der Waals surface area contributed by atoms with Crippen LogP contribution in [0, 0.1) is 17.2 Å². The van der Waals surface area contributed by atoms with E-state index in [1.54, 1.807) is 6.92 Å². The summed E-state index contributed by atoms with van der Waals surface area (Å²) in [5, 5.41) is 18.1. The first kappa shape index (κ1) is 16.7. The summed E-state index contributed by atoms with van der Waals surface area (Å²) in [6.45, 7) is 1.64. The molecule has 22 heavy (non-hydrogen) atoms. The number of rotatable bonds is 3. The molecule has 0 radical (unpaired) electrons. The van der Waals surface area contributed by atoms with Gasteiger partial charge in [0.05, 0.1) is 22.6 Å². The van der Waals surface area contributed by atoms with Crippen LogP contribution in [0.5, 0.6) is 0 Å². The van der Waals surface area contributed by atoms with Gasteiger partial charge in [0.15, 0.2) is 0 Å². The van der Waals surface area contributed by atoms with Crippen molar-refractivity contribution in [1.82, 2.24) is 4.31 Å². The lowest BCUT2D eigenvalue weighted by Gasteiger charge is -2.35. The fraction of sp³-hybridized carbons (Fsp3) is 0.429. The van der Waals surface area contributed by atoms with Gasteiger partial charge >= 0.3 is 5.97 Å². The highest BCUT2D eigenvalue weighted by Gasteiger charge is 2.38. The number of nitriles is 1. The number of hydrogen-bond acceptors (Lipinski definition) is 4. The van der Waals surface area contributed by atoms with Gasteiger partial charge in [-0.1, -0.05) is 11.6 Å². The molecule has 0 saturated carbocycles. The number of carboxylic acids is 1. The van der Waals surface area contributed by atoms with Crippen molar-refractivity contribution in [2.24, 2.45) is 5.92 Å². The van der Waals surface area contributed by atoms with Gasteiger partial charge in [-0.2, -0.15) is 9.57 Å². The summed E-state index contributed by atoms with van der Waals surface area (Å²) in [7, 11) is -3.95. The normalized spacial score (nSPS) is 23.0. The van der Waals surface area contributed by atoms with Crippen LogP contribution in [0.2, 0.25) is 5.02 Å². The lowest BCUT2D eigenvalue weighted by atomic mass is 9.96. The minimum atomic E-state index is -3.95. The molecule has 1 aromatic carbocycles. The zero-order chi connectivity index (χ0) is 16.5. The Morgan fingerprint density at radius 1 is 1.45 bits per heavy atom.